The molecule has 0 saturated carbocycles. The molecule has 0 bridgehead atoms. The maximum Gasteiger partial charge on any atom is 0.278 e. The molecule has 8 nitrogen and oxygen atoms in total. The van der Waals surface area contributed by atoms with Crippen LogP contribution in [0.15, 0.2) is 42.5 Å². The van der Waals surface area contributed by atoms with Gasteiger partial charge in [0.1, 0.15) is 5.82 Å². The predicted molar refractivity (Wildman–Crippen MR) is 109 cm³/mol. The van der Waals surface area contributed by atoms with Gasteiger partial charge in [-0.3, -0.25) is 4.79 Å². The van der Waals surface area contributed by atoms with Crippen molar-refractivity contribution < 1.29 is 17.6 Å². The zero-order valence-corrected chi connectivity index (χ0v) is 17.3. The molecule has 4 rings (SSSR count). The summed E-state index contributed by atoms with van der Waals surface area (Å²) in [5, 5.41) is 10.6. The molecule has 2 heterocycles. The lowest BCUT2D eigenvalue weighted by atomic mass is 9.99. The van der Waals surface area contributed by atoms with Crippen molar-refractivity contribution in [2.75, 3.05) is 18.1 Å². The fourth-order valence-corrected chi connectivity index (χ4v) is 4.35. The summed E-state index contributed by atoms with van der Waals surface area (Å²) in [6, 6.07) is 11.4. The van der Waals surface area contributed by atoms with Crippen LogP contribution in [0.3, 0.4) is 0 Å². The van der Waals surface area contributed by atoms with Gasteiger partial charge in [0.25, 0.3) is 5.91 Å². The monoisotopic (exact) mass is 429 g/mol. The number of sulfonamides is 1. The number of rotatable bonds is 4. The minimum absolute atomic E-state index is 0.0643. The molecule has 0 radical (unpaired) electrons. The van der Waals surface area contributed by atoms with Gasteiger partial charge in [-0.1, -0.05) is 29.5 Å². The van der Waals surface area contributed by atoms with Crippen LogP contribution in [0.25, 0.3) is 5.69 Å². The van der Waals surface area contributed by atoms with E-state index in [0.717, 1.165) is 16.8 Å². The molecule has 1 aliphatic rings. The van der Waals surface area contributed by atoms with Crippen LogP contribution in [-0.2, 0) is 23.0 Å². The third-order valence-electron chi connectivity index (χ3n) is 5.14. The molecule has 30 heavy (non-hydrogen) atoms. The number of halogens is 1. The summed E-state index contributed by atoms with van der Waals surface area (Å²) in [6.07, 6.45) is 1.72. The molecule has 0 aliphatic carbocycles. The zero-order chi connectivity index (χ0) is 21.5. The number of hydrogen-bond donors (Lipinski definition) is 1. The van der Waals surface area contributed by atoms with Gasteiger partial charge >= 0.3 is 0 Å². The van der Waals surface area contributed by atoms with E-state index in [9.17, 15) is 17.6 Å². The van der Waals surface area contributed by atoms with Crippen LogP contribution in [0.4, 0.5) is 10.1 Å². The number of nitrogens with zero attached hydrogens (tertiary/aromatic N) is 4. The quantitative estimate of drug-likeness (QED) is 0.686. The molecule has 1 N–H and O–H groups in total. The Morgan fingerprint density at radius 3 is 2.67 bits per heavy atom. The summed E-state index contributed by atoms with van der Waals surface area (Å²) in [6.45, 7) is 2.37. The molecule has 0 spiro atoms. The smallest absolute Gasteiger partial charge is 0.278 e. The van der Waals surface area contributed by atoms with E-state index < -0.39 is 21.7 Å². The van der Waals surface area contributed by atoms with E-state index in [-0.39, 0.29) is 17.9 Å². The number of benzene rings is 2. The molecule has 1 amide bonds. The van der Waals surface area contributed by atoms with Gasteiger partial charge in [0.2, 0.25) is 10.0 Å². The summed E-state index contributed by atoms with van der Waals surface area (Å²) >= 11 is 0. The SMILES string of the molecule is Cc1c(C(=O)Nc2ccccc2F)nnn1-c1cccc2c1CCN(S(C)(=O)=O)C2. The Labute approximate surface area is 173 Å². The molecule has 1 aromatic heterocycles. The van der Waals surface area contributed by atoms with Crippen LogP contribution in [0.1, 0.15) is 27.3 Å². The fraction of sp³-hybridized carbons (Fsp3) is 0.250. The Bertz CT molecular complexity index is 1240. The van der Waals surface area contributed by atoms with E-state index in [1.54, 1.807) is 17.7 Å². The largest absolute Gasteiger partial charge is 0.318 e. The van der Waals surface area contributed by atoms with E-state index in [1.807, 2.05) is 18.2 Å². The van der Waals surface area contributed by atoms with Gasteiger partial charge in [-0.25, -0.2) is 17.5 Å². The number of hydrogen-bond acceptors (Lipinski definition) is 5. The van der Waals surface area contributed by atoms with Crippen molar-refractivity contribution in [3.8, 4) is 5.69 Å². The van der Waals surface area contributed by atoms with Crippen molar-refractivity contribution in [1.82, 2.24) is 19.3 Å². The van der Waals surface area contributed by atoms with Crippen molar-refractivity contribution in [2.24, 2.45) is 0 Å². The van der Waals surface area contributed by atoms with Gasteiger partial charge in [0.15, 0.2) is 5.69 Å². The van der Waals surface area contributed by atoms with Gasteiger partial charge in [-0.2, -0.15) is 4.31 Å². The number of aromatic nitrogens is 3. The number of amides is 1. The molecule has 0 fully saturated rings. The molecule has 0 saturated heterocycles. The van der Waals surface area contributed by atoms with Gasteiger partial charge in [-0.05, 0) is 42.7 Å². The van der Waals surface area contributed by atoms with Crippen LogP contribution in [0, 0.1) is 12.7 Å². The minimum atomic E-state index is -3.28. The lowest BCUT2D eigenvalue weighted by Crippen LogP contribution is -2.35. The Morgan fingerprint density at radius 1 is 1.17 bits per heavy atom. The number of carbonyl (C=O) groups excluding carboxylic acids is 1. The average Bonchev–Trinajstić information content (AvgIpc) is 3.09. The molecule has 156 valence electrons. The summed E-state index contributed by atoms with van der Waals surface area (Å²) in [4.78, 5) is 12.6. The third kappa shape index (κ3) is 3.71. The lowest BCUT2D eigenvalue weighted by molar-refractivity contribution is 0.102. The van der Waals surface area contributed by atoms with Crippen LogP contribution in [0.2, 0.25) is 0 Å². The maximum atomic E-state index is 13.8. The first-order chi connectivity index (χ1) is 14.3. The Hall–Kier alpha value is -3.11. The van der Waals surface area contributed by atoms with Crippen molar-refractivity contribution in [3.63, 3.8) is 0 Å². The predicted octanol–water partition coefficient (Wildman–Crippen LogP) is 2.28. The van der Waals surface area contributed by atoms with Crippen molar-refractivity contribution in [3.05, 3.63) is 70.8 Å². The van der Waals surface area contributed by atoms with E-state index in [0.29, 0.717) is 18.7 Å². The second-order valence-electron chi connectivity index (χ2n) is 7.13. The normalized spacial score (nSPS) is 14.4. The highest BCUT2D eigenvalue weighted by Crippen LogP contribution is 2.27. The second-order valence-corrected chi connectivity index (χ2v) is 9.11. The number of carbonyl (C=O) groups is 1. The molecular formula is C20H20FN5O3S. The first-order valence-electron chi connectivity index (χ1n) is 9.30. The van der Waals surface area contributed by atoms with Gasteiger partial charge in [0, 0.05) is 13.1 Å². The summed E-state index contributed by atoms with van der Waals surface area (Å²) in [7, 11) is -3.28. The Balaban J connectivity index is 1.65. The molecule has 2 aromatic carbocycles. The van der Waals surface area contributed by atoms with E-state index >= 15 is 0 Å². The van der Waals surface area contributed by atoms with E-state index in [4.69, 9.17) is 0 Å². The van der Waals surface area contributed by atoms with Crippen molar-refractivity contribution in [1.29, 1.82) is 0 Å². The molecule has 1 aliphatic heterocycles. The first-order valence-corrected chi connectivity index (χ1v) is 11.1. The van der Waals surface area contributed by atoms with Gasteiger partial charge in [-0.15, -0.1) is 5.10 Å². The highest BCUT2D eigenvalue weighted by atomic mass is 32.2. The van der Waals surface area contributed by atoms with E-state index in [2.05, 4.69) is 15.6 Å². The standard InChI is InChI=1S/C20H20FN5O3S/c1-13-19(20(27)22-17-8-4-3-7-16(17)21)23-24-26(13)18-9-5-6-14-12-25(30(2,28)29)11-10-15(14)18/h3-9H,10-12H2,1-2H3,(H,22,27). The Morgan fingerprint density at radius 2 is 1.93 bits per heavy atom. The van der Waals surface area contributed by atoms with Crippen LogP contribution in [0.5, 0.6) is 0 Å². The lowest BCUT2D eigenvalue weighted by Gasteiger charge is -2.28. The summed E-state index contributed by atoms with van der Waals surface area (Å²) in [5.74, 6) is -1.10. The highest BCUT2D eigenvalue weighted by Gasteiger charge is 2.26. The minimum Gasteiger partial charge on any atom is -0.318 e. The van der Waals surface area contributed by atoms with Crippen LogP contribution in [-0.4, -0.2) is 46.4 Å². The highest BCUT2D eigenvalue weighted by molar-refractivity contribution is 7.88. The number of anilines is 1. The Kier molecular flexibility index (Phi) is 5.12. The molecule has 0 atom stereocenters. The van der Waals surface area contributed by atoms with Crippen molar-refractivity contribution >= 4 is 21.6 Å². The molecular weight excluding hydrogens is 409 g/mol. The number of nitrogens with one attached hydrogen (secondary N) is 1. The van der Waals surface area contributed by atoms with E-state index in [1.165, 1.54) is 28.8 Å². The third-order valence-corrected chi connectivity index (χ3v) is 6.38. The first kappa shape index (κ1) is 20.2. The number of para-hydroxylation sites is 1. The summed E-state index contributed by atoms with van der Waals surface area (Å²) in [5.41, 5.74) is 3.25. The topological polar surface area (TPSA) is 97.2 Å². The van der Waals surface area contributed by atoms with Crippen LogP contribution >= 0.6 is 0 Å². The molecule has 3 aromatic rings. The maximum absolute atomic E-state index is 13.8. The second kappa shape index (κ2) is 7.62. The van der Waals surface area contributed by atoms with Crippen LogP contribution < -0.4 is 5.32 Å². The zero-order valence-electron chi connectivity index (χ0n) is 16.5. The molecule has 0 unspecified atom stereocenters. The fourth-order valence-electron chi connectivity index (χ4n) is 3.56. The molecule has 10 heteroatoms. The summed E-state index contributed by atoms with van der Waals surface area (Å²) < 4.78 is 40.6. The average molecular weight is 429 g/mol. The van der Waals surface area contributed by atoms with Crippen molar-refractivity contribution in [2.45, 2.75) is 19.9 Å². The van der Waals surface area contributed by atoms with Gasteiger partial charge < -0.3 is 5.32 Å². The number of fused-ring (bicyclic) bond motifs is 1. The van der Waals surface area contributed by atoms with Gasteiger partial charge in [0.05, 0.1) is 23.3 Å².